The minimum Gasteiger partial charge on any atom is -0.480 e. The van der Waals surface area contributed by atoms with Gasteiger partial charge in [0.1, 0.15) is 11.2 Å². The van der Waals surface area contributed by atoms with Gasteiger partial charge in [-0.05, 0) is 26.0 Å². The zero-order valence-corrected chi connectivity index (χ0v) is 12.3. The number of rotatable bonds is 5. The summed E-state index contributed by atoms with van der Waals surface area (Å²) in [5.74, 6) is -0.578. The minimum absolute atomic E-state index is 0.357. The van der Waals surface area contributed by atoms with Gasteiger partial charge in [-0.3, -0.25) is 4.79 Å². The first kappa shape index (κ1) is 15.6. The number of carbonyl (C=O) groups is 1. The van der Waals surface area contributed by atoms with Gasteiger partial charge in [-0.2, -0.15) is 0 Å². The lowest BCUT2D eigenvalue weighted by Gasteiger charge is -2.27. The molecule has 1 heterocycles. The van der Waals surface area contributed by atoms with Gasteiger partial charge in [0.25, 0.3) is 0 Å². The third kappa shape index (κ3) is 4.02. The van der Waals surface area contributed by atoms with E-state index in [2.05, 4.69) is 4.98 Å². The van der Waals surface area contributed by atoms with E-state index >= 15 is 0 Å². The molecule has 100 valence electrons. The van der Waals surface area contributed by atoms with Crippen LogP contribution >= 0.6 is 35.0 Å². The summed E-state index contributed by atoms with van der Waals surface area (Å²) < 4.78 is -0.626. The van der Waals surface area contributed by atoms with Crippen molar-refractivity contribution in [3.05, 3.63) is 28.0 Å². The molecule has 0 aliphatic carbocycles. The molecular weight excluding hydrogens is 295 g/mol. The maximum absolute atomic E-state index is 10.9. The number of aliphatic carboxylic acids is 1. The number of nitrogens with zero attached hydrogens (tertiary/aromatic N) is 1. The molecule has 0 saturated carbocycles. The molecule has 4 nitrogen and oxygen atoms in total. The second-order valence-corrected chi connectivity index (χ2v) is 6.69. The van der Waals surface area contributed by atoms with Gasteiger partial charge in [-0.25, -0.2) is 4.98 Å². The molecule has 0 saturated heterocycles. The lowest BCUT2D eigenvalue weighted by Crippen LogP contribution is -2.46. The Morgan fingerprint density at radius 2 is 2.17 bits per heavy atom. The van der Waals surface area contributed by atoms with Gasteiger partial charge in [0.2, 0.25) is 0 Å². The number of thioether (sulfide) groups is 1. The summed E-state index contributed by atoms with van der Waals surface area (Å²) in [4.78, 5) is 15.0. The normalized spacial score (nSPS) is 13.4. The monoisotopic (exact) mass is 308 g/mol. The van der Waals surface area contributed by atoms with Crippen LogP contribution in [-0.4, -0.2) is 26.8 Å². The Morgan fingerprint density at radius 3 is 2.72 bits per heavy atom. The quantitative estimate of drug-likeness (QED) is 0.818. The number of pyridine rings is 1. The first-order valence-electron chi connectivity index (χ1n) is 5.17. The molecule has 0 aromatic carbocycles. The van der Waals surface area contributed by atoms with E-state index in [9.17, 15) is 4.79 Å². The zero-order chi connectivity index (χ0) is 13.9. The van der Waals surface area contributed by atoms with Gasteiger partial charge >= 0.3 is 5.97 Å². The molecule has 1 aromatic heterocycles. The summed E-state index contributed by atoms with van der Waals surface area (Å²) in [5, 5.41) is 9.78. The summed E-state index contributed by atoms with van der Waals surface area (Å²) in [6.07, 6.45) is 0. The SMILES string of the molecule is CC(C)(SCc1nc(Cl)ccc1Cl)[C@@H](N)C(=O)O. The number of hydrogen-bond acceptors (Lipinski definition) is 4. The van der Waals surface area contributed by atoms with Crippen molar-refractivity contribution in [3.8, 4) is 0 Å². The van der Waals surface area contributed by atoms with Crippen LogP contribution < -0.4 is 5.73 Å². The molecule has 1 atom stereocenters. The highest BCUT2D eigenvalue weighted by atomic mass is 35.5. The van der Waals surface area contributed by atoms with Crippen molar-refractivity contribution in [2.24, 2.45) is 5.73 Å². The fraction of sp³-hybridized carbons (Fsp3) is 0.455. The van der Waals surface area contributed by atoms with E-state index < -0.39 is 16.8 Å². The Bertz CT molecular complexity index is 455. The summed E-state index contributed by atoms with van der Waals surface area (Å²) in [6.45, 7) is 3.55. The molecule has 0 spiro atoms. The van der Waals surface area contributed by atoms with E-state index in [4.69, 9.17) is 34.0 Å². The molecule has 0 fully saturated rings. The van der Waals surface area contributed by atoms with Crippen LogP contribution in [0, 0.1) is 0 Å². The molecule has 0 aliphatic heterocycles. The lowest BCUT2D eigenvalue weighted by atomic mass is 10.1. The van der Waals surface area contributed by atoms with Crippen molar-refractivity contribution in [3.63, 3.8) is 0 Å². The zero-order valence-electron chi connectivity index (χ0n) is 9.98. The molecule has 3 N–H and O–H groups in total. The van der Waals surface area contributed by atoms with Gasteiger partial charge in [-0.1, -0.05) is 23.2 Å². The Labute approximate surface area is 120 Å². The standard InChI is InChI=1S/C11H14Cl2N2O2S/c1-11(2,9(14)10(16)17)18-5-7-6(12)3-4-8(13)15-7/h3-4,9H,5,14H2,1-2H3,(H,16,17)/t9-/m0/s1. The molecule has 0 radical (unpaired) electrons. The number of halogens is 2. The maximum atomic E-state index is 10.9. The molecule has 1 rings (SSSR count). The van der Waals surface area contributed by atoms with Crippen LogP contribution in [0.3, 0.4) is 0 Å². The number of carboxylic acids is 1. The van der Waals surface area contributed by atoms with Gasteiger partial charge in [0.05, 0.1) is 10.7 Å². The Kier molecular flexibility index (Phi) is 5.28. The molecule has 0 unspecified atom stereocenters. The fourth-order valence-electron chi connectivity index (χ4n) is 1.20. The van der Waals surface area contributed by atoms with Crippen molar-refractivity contribution in [2.75, 3.05) is 0 Å². The maximum Gasteiger partial charge on any atom is 0.321 e. The first-order valence-corrected chi connectivity index (χ1v) is 6.91. The third-order valence-electron chi connectivity index (χ3n) is 2.48. The molecule has 0 bridgehead atoms. The van der Waals surface area contributed by atoms with Crippen molar-refractivity contribution < 1.29 is 9.90 Å². The van der Waals surface area contributed by atoms with Crippen molar-refractivity contribution in [1.82, 2.24) is 4.98 Å². The van der Waals surface area contributed by atoms with Crippen LogP contribution in [0.15, 0.2) is 12.1 Å². The summed E-state index contributed by atoms with van der Waals surface area (Å²) in [5.41, 5.74) is 6.25. The number of carboxylic acid groups (broad SMARTS) is 1. The Balaban J connectivity index is 2.75. The van der Waals surface area contributed by atoms with E-state index in [-0.39, 0.29) is 0 Å². The fourth-order valence-corrected chi connectivity index (χ4v) is 2.63. The van der Waals surface area contributed by atoms with Crippen LogP contribution in [-0.2, 0) is 10.5 Å². The van der Waals surface area contributed by atoms with Gasteiger partial charge in [0, 0.05) is 10.5 Å². The largest absolute Gasteiger partial charge is 0.480 e. The van der Waals surface area contributed by atoms with Crippen LogP contribution in [0.5, 0.6) is 0 Å². The number of hydrogen-bond donors (Lipinski definition) is 2. The van der Waals surface area contributed by atoms with Gasteiger partial charge in [-0.15, -0.1) is 11.8 Å². The predicted molar refractivity (Wildman–Crippen MR) is 75.2 cm³/mol. The number of nitrogens with two attached hydrogens (primary N) is 1. The summed E-state index contributed by atoms with van der Waals surface area (Å²) in [7, 11) is 0. The van der Waals surface area contributed by atoms with E-state index in [0.717, 1.165) is 0 Å². The van der Waals surface area contributed by atoms with E-state index in [1.807, 2.05) is 0 Å². The van der Waals surface area contributed by atoms with Gasteiger partial charge < -0.3 is 10.8 Å². The van der Waals surface area contributed by atoms with E-state index in [0.29, 0.717) is 21.6 Å². The van der Waals surface area contributed by atoms with E-state index in [1.165, 1.54) is 11.8 Å². The molecular formula is C11H14Cl2N2O2S. The van der Waals surface area contributed by atoms with Gasteiger partial charge in [0.15, 0.2) is 0 Å². The van der Waals surface area contributed by atoms with Crippen LogP contribution in [0.2, 0.25) is 10.2 Å². The average Bonchev–Trinajstić information content (AvgIpc) is 2.29. The molecule has 7 heteroatoms. The van der Waals surface area contributed by atoms with Crippen molar-refractivity contribution in [1.29, 1.82) is 0 Å². The lowest BCUT2D eigenvalue weighted by molar-refractivity contribution is -0.139. The highest BCUT2D eigenvalue weighted by molar-refractivity contribution is 7.99. The highest BCUT2D eigenvalue weighted by Gasteiger charge is 2.32. The second kappa shape index (κ2) is 6.10. The molecule has 1 aromatic rings. The van der Waals surface area contributed by atoms with Crippen molar-refractivity contribution in [2.45, 2.75) is 30.4 Å². The Hall–Kier alpha value is -0.490. The molecule has 18 heavy (non-hydrogen) atoms. The van der Waals surface area contributed by atoms with Crippen LogP contribution in [0.4, 0.5) is 0 Å². The highest BCUT2D eigenvalue weighted by Crippen LogP contribution is 2.32. The topological polar surface area (TPSA) is 76.2 Å². The van der Waals surface area contributed by atoms with E-state index in [1.54, 1.807) is 26.0 Å². The van der Waals surface area contributed by atoms with Crippen LogP contribution in [0.25, 0.3) is 0 Å². The van der Waals surface area contributed by atoms with Crippen molar-refractivity contribution >= 4 is 40.9 Å². The molecule has 0 amide bonds. The Morgan fingerprint density at radius 1 is 1.56 bits per heavy atom. The number of aromatic nitrogens is 1. The predicted octanol–water partition coefficient (Wildman–Crippen LogP) is 2.81. The average molecular weight is 309 g/mol. The minimum atomic E-state index is -1.03. The first-order chi connectivity index (χ1) is 8.24. The van der Waals surface area contributed by atoms with Crippen LogP contribution in [0.1, 0.15) is 19.5 Å². The second-order valence-electron chi connectivity index (χ2n) is 4.27. The smallest absolute Gasteiger partial charge is 0.321 e. The molecule has 0 aliphatic rings. The summed E-state index contributed by atoms with van der Waals surface area (Å²) in [6, 6.07) is 2.31. The third-order valence-corrected chi connectivity index (χ3v) is 4.45. The summed E-state index contributed by atoms with van der Waals surface area (Å²) >= 11 is 13.1.